The Kier molecular flexibility index (Phi) is 6.40. The van der Waals surface area contributed by atoms with Crippen LogP contribution in [0.1, 0.15) is 39.9 Å². The Hall–Kier alpha value is -1.36. The van der Waals surface area contributed by atoms with Gasteiger partial charge >= 0.3 is 0 Å². The summed E-state index contributed by atoms with van der Waals surface area (Å²) in [6, 6.07) is 2.04. The number of nitrogens with zero attached hydrogens (tertiary/aromatic N) is 4. The number of likely N-dealkylation sites (N-methyl/N-ethyl adjacent to an activating group) is 1. The minimum Gasteiger partial charge on any atom is -0.373 e. The lowest BCUT2D eigenvalue weighted by Crippen LogP contribution is -2.33. The molecule has 0 aromatic carbocycles. The maximum absolute atomic E-state index is 4.81. The molecule has 0 saturated carbocycles. The van der Waals surface area contributed by atoms with Gasteiger partial charge in [-0.2, -0.15) is 0 Å². The predicted octanol–water partition coefficient (Wildman–Crippen LogP) is 2.59. The predicted molar refractivity (Wildman–Crippen MR) is 91.3 cm³/mol. The molecular weight excluding hydrogens is 262 g/mol. The second-order valence-corrected chi connectivity index (χ2v) is 6.73. The summed E-state index contributed by atoms with van der Waals surface area (Å²) in [7, 11) is 6.11. The molecule has 0 bridgehead atoms. The van der Waals surface area contributed by atoms with Crippen LogP contribution in [0.3, 0.4) is 0 Å². The van der Waals surface area contributed by atoms with Crippen LogP contribution in [-0.2, 0) is 5.41 Å². The van der Waals surface area contributed by atoms with E-state index in [0.717, 1.165) is 43.5 Å². The second kappa shape index (κ2) is 7.59. The third kappa shape index (κ3) is 5.50. The first-order valence-corrected chi connectivity index (χ1v) is 7.75. The van der Waals surface area contributed by atoms with Crippen LogP contribution in [0.4, 0.5) is 11.6 Å². The topological polar surface area (TPSA) is 44.3 Å². The van der Waals surface area contributed by atoms with Crippen molar-refractivity contribution >= 4 is 11.6 Å². The highest BCUT2D eigenvalue weighted by Gasteiger charge is 2.20. The summed E-state index contributed by atoms with van der Waals surface area (Å²) >= 11 is 0. The largest absolute Gasteiger partial charge is 0.373 e. The Morgan fingerprint density at radius 2 is 1.76 bits per heavy atom. The van der Waals surface area contributed by atoms with Crippen molar-refractivity contribution in [3.8, 4) is 0 Å². The summed E-state index contributed by atoms with van der Waals surface area (Å²) in [6.07, 6.45) is 1.11. The van der Waals surface area contributed by atoms with Gasteiger partial charge in [-0.1, -0.05) is 27.7 Å². The van der Waals surface area contributed by atoms with Crippen LogP contribution >= 0.6 is 0 Å². The summed E-state index contributed by atoms with van der Waals surface area (Å²) < 4.78 is 0. The average Bonchev–Trinajstić information content (AvgIpc) is 2.41. The Bertz CT molecular complexity index is 437. The summed E-state index contributed by atoms with van der Waals surface area (Å²) in [5.41, 5.74) is -0.0545. The standard InChI is InChI=1S/C16H31N5/c1-8-9-21(11-10-20(6)7)14-12-13(17-5)18-15(19-14)16(2,3)4/h12H,8-11H2,1-7H3,(H,17,18,19). The van der Waals surface area contributed by atoms with E-state index in [-0.39, 0.29) is 5.41 Å². The molecule has 0 saturated heterocycles. The molecule has 5 nitrogen and oxygen atoms in total. The van der Waals surface area contributed by atoms with E-state index in [4.69, 9.17) is 4.98 Å². The highest BCUT2D eigenvalue weighted by molar-refractivity contribution is 5.49. The fraction of sp³-hybridized carbons (Fsp3) is 0.750. The van der Waals surface area contributed by atoms with Crippen molar-refractivity contribution in [2.75, 3.05) is 51.0 Å². The highest BCUT2D eigenvalue weighted by atomic mass is 15.2. The third-order valence-electron chi connectivity index (χ3n) is 3.27. The molecule has 0 spiro atoms. The molecule has 0 radical (unpaired) electrons. The fourth-order valence-corrected chi connectivity index (χ4v) is 1.99. The van der Waals surface area contributed by atoms with Crippen molar-refractivity contribution in [2.24, 2.45) is 0 Å². The number of aromatic nitrogens is 2. The number of rotatable bonds is 7. The molecule has 0 aliphatic rings. The number of anilines is 2. The molecule has 0 atom stereocenters. The van der Waals surface area contributed by atoms with E-state index in [0.29, 0.717) is 0 Å². The van der Waals surface area contributed by atoms with Gasteiger partial charge in [-0.05, 0) is 20.5 Å². The van der Waals surface area contributed by atoms with Gasteiger partial charge in [0.05, 0.1) is 0 Å². The first-order chi connectivity index (χ1) is 9.77. The average molecular weight is 293 g/mol. The van der Waals surface area contributed by atoms with Crippen molar-refractivity contribution in [3.63, 3.8) is 0 Å². The first kappa shape index (κ1) is 17.7. The van der Waals surface area contributed by atoms with Crippen LogP contribution < -0.4 is 10.2 Å². The zero-order chi connectivity index (χ0) is 16.0. The van der Waals surface area contributed by atoms with Crippen LogP contribution in [0.15, 0.2) is 6.07 Å². The van der Waals surface area contributed by atoms with Gasteiger partial charge in [-0.3, -0.25) is 0 Å². The van der Waals surface area contributed by atoms with E-state index in [1.165, 1.54) is 0 Å². The van der Waals surface area contributed by atoms with Gasteiger partial charge in [0.1, 0.15) is 17.5 Å². The van der Waals surface area contributed by atoms with Crippen LogP contribution in [0, 0.1) is 0 Å². The van der Waals surface area contributed by atoms with Crippen molar-refractivity contribution in [3.05, 3.63) is 11.9 Å². The molecule has 1 rings (SSSR count). The zero-order valence-corrected chi connectivity index (χ0v) is 14.7. The molecule has 1 heterocycles. The van der Waals surface area contributed by atoms with Crippen molar-refractivity contribution in [2.45, 2.75) is 39.5 Å². The Morgan fingerprint density at radius 1 is 1.10 bits per heavy atom. The molecule has 120 valence electrons. The minimum absolute atomic E-state index is 0.0545. The van der Waals surface area contributed by atoms with Crippen molar-refractivity contribution in [1.29, 1.82) is 0 Å². The molecule has 1 N–H and O–H groups in total. The smallest absolute Gasteiger partial charge is 0.138 e. The molecule has 0 fully saturated rings. The van der Waals surface area contributed by atoms with E-state index >= 15 is 0 Å². The van der Waals surface area contributed by atoms with Gasteiger partial charge in [-0.25, -0.2) is 9.97 Å². The summed E-state index contributed by atoms with van der Waals surface area (Å²) in [6.45, 7) is 11.7. The maximum Gasteiger partial charge on any atom is 0.138 e. The Balaban J connectivity index is 3.11. The molecule has 1 aromatic heterocycles. The fourth-order valence-electron chi connectivity index (χ4n) is 1.99. The van der Waals surface area contributed by atoms with Crippen LogP contribution in [0.5, 0.6) is 0 Å². The summed E-state index contributed by atoms with van der Waals surface area (Å²) in [5.74, 6) is 2.79. The molecule has 0 unspecified atom stereocenters. The van der Waals surface area contributed by atoms with Gasteiger partial charge in [-0.15, -0.1) is 0 Å². The van der Waals surface area contributed by atoms with E-state index in [2.05, 4.69) is 61.9 Å². The van der Waals surface area contributed by atoms with Gasteiger partial charge < -0.3 is 15.1 Å². The van der Waals surface area contributed by atoms with Crippen molar-refractivity contribution < 1.29 is 0 Å². The SMILES string of the molecule is CCCN(CCN(C)C)c1cc(NC)nc(C(C)(C)C)n1. The van der Waals surface area contributed by atoms with E-state index < -0.39 is 0 Å². The molecule has 21 heavy (non-hydrogen) atoms. The summed E-state index contributed by atoms with van der Waals surface area (Å²) in [4.78, 5) is 14.0. The quantitative estimate of drug-likeness (QED) is 0.837. The lowest BCUT2D eigenvalue weighted by atomic mass is 9.96. The second-order valence-electron chi connectivity index (χ2n) is 6.73. The minimum atomic E-state index is -0.0545. The maximum atomic E-state index is 4.81. The van der Waals surface area contributed by atoms with Crippen LogP contribution in [0.2, 0.25) is 0 Å². The number of hydrogen-bond acceptors (Lipinski definition) is 5. The molecule has 0 amide bonds. The van der Waals surface area contributed by atoms with E-state index in [9.17, 15) is 0 Å². The van der Waals surface area contributed by atoms with Gasteiger partial charge in [0.15, 0.2) is 0 Å². The van der Waals surface area contributed by atoms with E-state index in [1.54, 1.807) is 0 Å². The van der Waals surface area contributed by atoms with Gasteiger partial charge in [0, 0.05) is 38.2 Å². The lowest BCUT2D eigenvalue weighted by molar-refractivity contribution is 0.412. The molecular formula is C16H31N5. The number of nitrogens with one attached hydrogen (secondary N) is 1. The normalized spacial score (nSPS) is 11.8. The van der Waals surface area contributed by atoms with E-state index in [1.807, 2.05) is 13.1 Å². The first-order valence-electron chi connectivity index (χ1n) is 7.75. The molecule has 1 aromatic rings. The van der Waals surface area contributed by atoms with Gasteiger partial charge in [0.2, 0.25) is 0 Å². The lowest BCUT2D eigenvalue weighted by Gasteiger charge is -2.27. The Morgan fingerprint density at radius 3 is 2.24 bits per heavy atom. The Labute approximate surface area is 129 Å². The van der Waals surface area contributed by atoms with Crippen LogP contribution in [0.25, 0.3) is 0 Å². The molecule has 0 aliphatic carbocycles. The third-order valence-corrected chi connectivity index (χ3v) is 3.27. The molecule has 0 aliphatic heterocycles. The van der Waals surface area contributed by atoms with Gasteiger partial charge in [0.25, 0.3) is 0 Å². The summed E-state index contributed by atoms with van der Waals surface area (Å²) in [5, 5.41) is 3.15. The molecule has 5 heteroatoms. The highest BCUT2D eigenvalue weighted by Crippen LogP contribution is 2.24. The zero-order valence-electron chi connectivity index (χ0n) is 14.7. The monoisotopic (exact) mass is 293 g/mol. The van der Waals surface area contributed by atoms with Crippen LogP contribution in [-0.4, -0.2) is 55.6 Å². The number of hydrogen-bond donors (Lipinski definition) is 1. The van der Waals surface area contributed by atoms with Crippen molar-refractivity contribution in [1.82, 2.24) is 14.9 Å².